The summed E-state index contributed by atoms with van der Waals surface area (Å²) in [6.07, 6.45) is 2.25. The van der Waals surface area contributed by atoms with Crippen LogP contribution in [0.2, 0.25) is 0 Å². The Morgan fingerprint density at radius 3 is 2.88 bits per heavy atom. The monoisotopic (exact) mass is 346 g/mol. The first-order valence-corrected chi connectivity index (χ1v) is 9.40. The molecule has 0 spiro atoms. The third-order valence-electron chi connectivity index (χ3n) is 4.61. The van der Waals surface area contributed by atoms with E-state index in [0.29, 0.717) is 6.61 Å². The maximum absolute atomic E-state index is 9.58. The summed E-state index contributed by atoms with van der Waals surface area (Å²) >= 11 is 1.65. The molecule has 0 bridgehead atoms. The van der Waals surface area contributed by atoms with E-state index >= 15 is 0 Å². The molecule has 0 radical (unpaired) electrons. The Hall–Kier alpha value is -1.43. The second kappa shape index (κ2) is 7.64. The molecule has 1 N–H and O–H groups in total. The molecule has 2 aromatic rings. The lowest BCUT2D eigenvalue weighted by atomic mass is 9.83. The van der Waals surface area contributed by atoms with E-state index in [1.54, 1.807) is 11.3 Å². The molecule has 24 heavy (non-hydrogen) atoms. The Balaban J connectivity index is 1.52. The van der Waals surface area contributed by atoms with Gasteiger partial charge < -0.3 is 9.84 Å². The molecule has 3 rings (SSSR count). The van der Waals surface area contributed by atoms with Gasteiger partial charge in [0.1, 0.15) is 17.4 Å². The summed E-state index contributed by atoms with van der Waals surface area (Å²) in [6.45, 7) is 7.90. The molecule has 1 fully saturated rings. The first-order chi connectivity index (χ1) is 11.6. The molecule has 1 atom stereocenters. The number of piperidine rings is 1. The fourth-order valence-corrected chi connectivity index (χ4v) is 3.88. The fraction of sp³-hybridized carbons (Fsp3) is 0.526. The van der Waals surface area contributed by atoms with Crippen molar-refractivity contribution in [1.82, 2.24) is 9.88 Å². The molecule has 2 heterocycles. The lowest BCUT2D eigenvalue weighted by Crippen LogP contribution is -2.43. The fourth-order valence-electron chi connectivity index (χ4n) is 3.19. The molecular weight excluding hydrogens is 320 g/mol. The predicted molar refractivity (Wildman–Crippen MR) is 97.3 cm³/mol. The molecule has 1 aromatic carbocycles. The van der Waals surface area contributed by atoms with E-state index in [4.69, 9.17) is 9.72 Å². The van der Waals surface area contributed by atoms with Crippen LogP contribution in [0.5, 0.6) is 5.75 Å². The number of hydrogen-bond donors (Lipinski definition) is 1. The number of aliphatic hydroxyl groups is 1. The van der Waals surface area contributed by atoms with Crippen molar-refractivity contribution in [2.45, 2.75) is 39.8 Å². The van der Waals surface area contributed by atoms with Crippen LogP contribution in [0.1, 0.15) is 36.0 Å². The van der Waals surface area contributed by atoms with Crippen LogP contribution in [0.25, 0.3) is 0 Å². The van der Waals surface area contributed by atoms with Gasteiger partial charge in [-0.1, -0.05) is 24.6 Å². The minimum Gasteiger partial charge on any atom is -0.486 e. The molecule has 0 saturated carbocycles. The van der Waals surface area contributed by atoms with Crippen LogP contribution in [-0.2, 0) is 13.2 Å². The molecule has 1 unspecified atom stereocenters. The Morgan fingerprint density at radius 1 is 1.33 bits per heavy atom. The summed E-state index contributed by atoms with van der Waals surface area (Å²) in [4.78, 5) is 7.10. The van der Waals surface area contributed by atoms with Gasteiger partial charge in [0.25, 0.3) is 0 Å². The van der Waals surface area contributed by atoms with Gasteiger partial charge in [-0.15, -0.1) is 11.3 Å². The first-order valence-electron chi connectivity index (χ1n) is 8.52. The van der Waals surface area contributed by atoms with E-state index in [1.165, 1.54) is 5.56 Å². The maximum Gasteiger partial charge on any atom is 0.140 e. The number of aromatic nitrogens is 1. The molecule has 0 amide bonds. The highest BCUT2D eigenvalue weighted by atomic mass is 32.1. The third kappa shape index (κ3) is 4.56. The number of rotatable bonds is 6. The van der Waals surface area contributed by atoms with Crippen LogP contribution in [0.15, 0.2) is 29.6 Å². The Morgan fingerprint density at radius 2 is 2.12 bits per heavy atom. The van der Waals surface area contributed by atoms with Crippen LogP contribution < -0.4 is 4.74 Å². The van der Waals surface area contributed by atoms with E-state index in [9.17, 15) is 5.11 Å². The van der Waals surface area contributed by atoms with Crippen molar-refractivity contribution in [3.8, 4) is 5.75 Å². The average molecular weight is 346 g/mol. The van der Waals surface area contributed by atoms with Gasteiger partial charge in [0.05, 0.1) is 5.69 Å². The minimum atomic E-state index is 0.0334. The lowest BCUT2D eigenvalue weighted by Gasteiger charge is -2.39. The van der Waals surface area contributed by atoms with Gasteiger partial charge in [0, 0.05) is 30.5 Å². The quantitative estimate of drug-likeness (QED) is 0.868. The summed E-state index contributed by atoms with van der Waals surface area (Å²) in [5, 5.41) is 12.7. The highest BCUT2D eigenvalue weighted by molar-refractivity contribution is 7.09. The van der Waals surface area contributed by atoms with Crippen molar-refractivity contribution in [1.29, 1.82) is 0 Å². The Bertz CT molecular complexity index is 656. The Kier molecular flexibility index (Phi) is 5.54. The van der Waals surface area contributed by atoms with E-state index in [2.05, 4.69) is 36.3 Å². The summed E-state index contributed by atoms with van der Waals surface area (Å²) in [7, 11) is 0. The van der Waals surface area contributed by atoms with Gasteiger partial charge in [-0.3, -0.25) is 4.90 Å². The SMILES string of the molecule is Cc1ccc(OCc2nc(CN3CCCC(C)(CO)C3)cs2)cc1. The largest absolute Gasteiger partial charge is 0.486 e. The summed E-state index contributed by atoms with van der Waals surface area (Å²) in [6, 6.07) is 8.09. The number of hydrogen-bond acceptors (Lipinski definition) is 5. The average Bonchev–Trinajstić information content (AvgIpc) is 3.02. The van der Waals surface area contributed by atoms with Crippen molar-refractivity contribution in [2.24, 2.45) is 5.41 Å². The standard InChI is InChI=1S/C19H26N2O2S/c1-15-4-6-17(7-5-15)23-11-18-20-16(12-24-18)10-21-9-3-8-19(2,13-21)14-22/h4-7,12,22H,3,8-11,13-14H2,1-2H3. The number of aryl methyl sites for hydroxylation is 1. The number of likely N-dealkylation sites (tertiary alicyclic amines) is 1. The van der Waals surface area contributed by atoms with E-state index in [0.717, 1.165) is 48.9 Å². The van der Waals surface area contributed by atoms with Gasteiger partial charge in [-0.25, -0.2) is 4.98 Å². The normalized spacial score (nSPS) is 21.8. The minimum absolute atomic E-state index is 0.0334. The van der Waals surface area contributed by atoms with Gasteiger partial charge in [0.15, 0.2) is 0 Å². The van der Waals surface area contributed by atoms with Crippen LogP contribution in [0, 0.1) is 12.3 Å². The van der Waals surface area contributed by atoms with Crippen LogP contribution in [-0.4, -0.2) is 34.7 Å². The zero-order chi connectivity index (χ0) is 17.0. The number of benzene rings is 1. The first kappa shape index (κ1) is 17.4. The van der Waals surface area contributed by atoms with Crippen molar-refractivity contribution < 1.29 is 9.84 Å². The highest BCUT2D eigenvalue weighted by Gasteiger charge is 2.30. The van der Waals surface area contributed by atoms with Crippen LogP contribution in [0.4, 0.5) is 0 Å². The molecule has 5 heteroatoms. The molecular formula is C19H26N2O2S. The van der Waals surface area contributed by atoms with Gasteiger partial charge >= 0.3 is 0 Å². The number of thiazole rings is 1. The van der Waals surface area contributed by atoms with Gasteiger partial charge in [-0.2, -0.15) is 0 Å². The van der Waals surface area contributed by atoms with Crippen molar-refractivity contribution in [3.05, 3.63) is 45.9 Å². The van der Waals surface area contributed by atoms with E-state index < -0.39 is 0 Å². The maximum atomic E-state index is 9.58. The Labute approximate surface area is 148 Å². The number of aliphatic hydroxyl groups excluding tert-OH is 1. The second-order valence-corrected chi connectivity index (χ2v) is 8.06. The molecule has 4 nitrogen and oxygen atoms in total. The smallest absolute Gasteiger partial charge is 0.140 e. The number of nitrogens with zero attached hydrogens (tertiary/aromatic N) is 2. The topological polar surface area (TPSA) is 45.6 Å². The predicted octanol–water partition coefficient (Wildman–Crippen LogP) is 3.62. The second-order valence-electron chi connectivity index (χ2n) is 7.12. The zero-order valence-electron chi connectivity index (χ0n) is 14.5. The van der Waals surface area contributed by atoms with Crippen molar-refractivity contribution in [2.75, 3.05) is 19.7 Å². The highest BCUT2D eigenvalue weighted by Crippen LogP contribution is 2.29. The van der Waals surface area contributed by atoms with Crippen LogP contribution >= 0.6 is 11.3 Å². The van der Waals surface area contributed by atoms with Gasteiger partial charge in [0.2, 0.25) is 0 Å². The van der Waals surface area contributed by atoms with Crippen LogP contribution in [0.3, 0.4) is 0 Å². The summed E-state index contributed by atoms with van der Waals surface area (Å²) in [5.41, 5.74) is 2.37. The third-order valence-corrected chi connectivity index (χ3v) is 5.48. The van der Waals surface area contributed by atoms with Crippen molar-refractivity contribution >= 4 is 11.3 Å². The van der Waals surface area contributed by atoms with Gasteiger partial charge in [-0.05, 0) is 38.4 Å². The molecule has 1 aliphatic heterocycles. The summed E-state index contributed by atoms with van der Waals surface area (Å²) in [5.74, 6) is 0.882. The molecule has 0 aliphatic carbocycles. The zero-order valence-corrected chi connectivity index (χ0v) is 15.3. The lowest BCUT2D eigenvalue weighted by molar-refractivity contribution is 0.0424. The number of ether oxygens (including phenoxy) is 1. The van der Waals surface area contributed by atoms with Crippen molar-refractivity contribution in [3.63, 3.8) is 0 Å². The molecule has 1 saturated heterocycles. The molecule has 130 valence electrons. The van der Waals surface area contributed by atoms with E-state index in [-0.39, 0.29) is 12.0 Å². The van der Waals surface area contributed by atoms with E-state index in [1.807, 2.05) is 12.1 Å². The molecule has 1 aromatic heterocycles. The summed E-state index contributed by atoms with van der Waals surface area (Å²) < 4.78 is 5.80. The molecule has 1 aliphatic rings.